The number of hydrogen-bond acceptors (Lipinski definition) is 2. The van der Waals surface area contributed by atoms with Crippen molar-refractivity contribution in [2.75, 3.05) is 7.05 Å². The molecule has 0 saturated heterocycles. The van der Waals surface area contributed by atoms with Gasteiger partial charge in [0.25, 0.3) is 0 Å². The zero-order valence-electron chi connectivity index (χ0n) is 10.7. The molecule has 1 heterocycles. The Morgan fingerprint density at radius 3 is 2.50 bits per heavy atom. The number of aryl methyl sites for hydroxylation is 1. The zero-order chi connectivity index (χ0) is 13.0. The lowest BCUT2D eigenvalue weighted by molar-refractivity contribution is 0.208. The van der Waals surface area contributed by atoms with E-state index in [-0.39, 0.29) is 6.03 Å². The summed E-state index contributed by atoms with van der Waals surface area (Å²) < 4.78 is 1.47. The minimum atomic E-state index is -0.0768. The van der Waals surface area contributed by atoms with Gasteiger partial charge < -0.3 is 4.90 Å². The minimum absolute atomic E-state index is 0.0768. The molecular formula is C14H17N3O. The van der Waals surface area contributed by atoms with Crippen molar-refractivity contribution in [2.45, 2.75) is 19.9 Å². The highest BCUT2D eigenvalue weighted by atomic mass is 16.2. The molecule has 0 radical (unpaired) electrons. The van der Waals surface area contributed by atoms with Gasteiger partial charge in [0.15, 0.2) is 0 Å². The summed E-state index contributed by atoms with van der Waals surface area (Å²) in [6, 6.07) is 8.26. The van der Waals surface area contributed by atoms with Crippen LogP contribution in [0.1, 0.15) is 18.1 Å². The van der Waals surface area contributed by atoms with E-state index < -0.39 is 0 Å². The van der Waals surface area contributed by atoms with Crippen LogP contribution in [0.3, 0.4) is 0 Å². The smallest absolute Gasteiger partial charge is 0.323 e. The van der Waals surface area contributed by atoms with Gasteiger partial charge in [-0.2, -0.15) is 0 Å². The van der Waals surface area contributed by atoms with Crippen LogP contribution in [0.5, 0.6) is 0 Å². The molecule has 0 fully saturated rings. The summed E-state index contributed by atoms with van der Waals surface area (Å²) in [7, 11) is 1.79. The van der Waals surface area contributed by atoms with Crippen molar-refractivity contribution in [1.29, 1.82) is 0 Å². The first kappa shape index (κ1) is 12.4. The monoisotopic (exact) mass is 243 g/mol. The molecule has 0 spiro atoms. The highest BCUT2D eigenvalue weighted by molar-refractivity contribution is 5.76. The van der Waals surface area contributed by atoms with E-state index in [2.05, 4.69) is 36.2 Å². The highest BCUT2D eigenvalue weighted by Crippen LogP contribution is 2.08. The van der Waals surface area contributed by atoms with Gasteiger partial charge in [0.1, 0.15) is 6.33 Å². The molecule has 0 N–H and O–H groups in total. The van der Waals surface area contributed by atoms with Crippen molar-refractivity contribution in [3.8, 4) is 0 Å². The lowest BCUT2D eigenvalue weighted by Gasteiger charge is -2.17. The molecule has 0 aliphatic carbocycles. The molecular weight excluding hydrogens is 226 g/mol. The van der Waals surface area contributed by atoms with Gasteiger partial charge in [0.2, 0.25) is 0 Å². The third kappa shape index (κ3) is 2.77. The Labute approximate surface area is 107 Å². The van der Waals surface area contributed by atoms with Crippen LogP contribution in [0.2, 0.25) is 0 Å². The van der Waals surface area contributed by atoms with Crippen molar-refractivity contribution in [1.82, 2.24) is 14.5 Å². The molecule has 0 atom stereocenters. The van der Waals surface area contributed by atoms with Crippen LogP contribution in [0.25, 0.3) is 0 Å². The van der Waals surface area contributed by atoms with Gasteiger partial charge in [0.05, 0.1) is 0 Å². The molecule has 0 aliphatic heterocycles. The van der Waals surface area contributed by atoms with E-state index in [0.717, 1.165) is 12.0 Å². The third-order valence-corrected chi connectivity index (χ3v) is 2.90. The second-order valence-corrected chi connectivity index (χ2v) is 4.28. The van der Waals surface area contributed by atoms with E-state index in [9.17, 15) is 4.79 Å². The number of hydrogen-bond donors (Lipinski definition) is 0. The Kier molecular flexibility index (Phi) is 3.77. The second-order valence-electron chi connectivity index (χ2n) is 4.28. The molecule has 1 aromatic heterocycles. The molecule has 0 aliphatic rings. The number of imidazole rings is 1. The predicted octanol–water partition coefficient (Wildman–Crippen LogP) is 2.55. The summed E-state index contributed by atoms with van der Waals surface area (Å²) in [5.74, 6) is 0. The number of amides is 1. The quantitative estimate of drug-likeness (QED) is 0.831. The van der Waals surface area contributed by atoms with E-state index in [1.165, 1.54) is 16.5 Å². The van der Waals surface area contributed by atoms with E-state index >= 15 is 0 Å². The van der Waals surface area contributed by atoms with E-state index in [1.807, 2.05) is 0 Å². The fourth-order valence-corrected chi connectivity index (χ4v) is 1.79. The second kappa shape index (κ2) is 5.49. The maximum Gasteiger partial charge on any atom is 0.329 e. The fraction of sp³-hybridized carbons (Fsp3) is 0.286. The topological polar surface area (TPSA) is 38.1 Å². The Bertz CT molecular complexity index is 502. The van der Waals surface area contributed by atoms with E-state index in [0.29, 0.717) is 6.54 Å². The first-order valence-corrected chi connectivity index (χ1v) is 6.02. The lowest BCUT2D eigenvalue weighted by atomic mass is 10.1. The molecule has 1 aromatic carbocycles. The fourth-order valence-electron chi connectivity index (χ4n) is 1.79. The van der Waals surface area contributed by atoms with Gasteiger partial charge in [-0.15, -0.1) is 0 Å². The molecule has 4 nitrogen and oxygen atoms in total. The van der Waals surface area contributed by atoms with E-state index in [4.69, 9.17) is 0 Å². The Hall–Kier alpha value is -2.10. The molecule has 0 bridgehead atoms. The maximum absolute atomic E-state index is 12.0. The number of aromatic nitrogens is 2. The van der Waals surface area contributed by atoms with Crippen LogP contribution in [0.15, 0.2) is 43.0 Å². The zero-order valence-corrected chi connectivity index (χ0v) is 10.7. The lowest BCUT2D eigenvalue weighted by Crippen LogP contribution is -2.29. The molecule has 94 valence electrons. The molecule has 18 heavy (non-hydrogen) atoms. The van der Waals surface area contributed by atoms with Crippen LogP contribution in [0.4, 0.5) is 4.79 Å². The van der Waals surface area contributed by atoms with Gasteiger partial charge in [-0.25, -0.2) is 9.78 Å². The van der Waals surface area contributed by atoms with Crippen molar-refractivity contribution >= 4 is 6.03 Å². The summed E-state index contributed by atoms with van der Waals surface area (Å²) in [5.41, 5.74) is 2.44. The van der Waals surface area contributed by atoms with Gasteiger partial charge >= 0.3 is 6.03 Å². The van der Waals surface area contributed by atoms with Crippen LogP contribution >= 0.6 is 0 Å². The van der Waals surface area contributed by atoms with Crippen molar-refractivity contribution in [3.63, 3.8) is 0 Å². The summed E-state index contributed by atoms with van der Waals surface area (Å²) in [6.45, 7) is 2.73. The number of carbonyl (C=O) groups is 1. The summed E-state index contributed by atoms with van der Waals surface area (Å²) >= 11 is 0. The molecule has 1 amide bonds. The number of nitrogens with zero attached hydrogens (tertiary/aromatic N) is 3. The standard InChI is InChI=1S/C14H17N3O/c1-3-12-4-6-13(7-5-12)10-16(2)14(18)17-9-8-15-11-17/h4-9,11H,3,10H2,1-2H3. The van der Waals surface area contributed by atoms with Gasteiger partial charge in [-0.3, -0.25) is 4.57 Å². The van der Waals surface area contributed by atoms with Crippen LogP contribution < -0.4 is 0 Å². The molecule has 0 unspecified atom stereocenters. The molecule has 2 aromatic rings. The number of rotatable bonds is 3. The Balaban J connectivity index is 2.02. The average Bonchev–Trinajstić information content (AvgIpc) is 2.92. The highest BCUT2D eigenvalue weighted by Gasteiger charge is 2.10. The molecule has 4 heteroatoms. The SMILES string of the molecule is CCc1ccc(CN(C)C(=O)n2ccnc2)cc1. The number of benzene rings is 1. The largest absolute Gasteiger partial charge is 0.329 e. The van der Waals surface area contributed by atoms with Crippen molar-refractivity contribution < 1.29 is 4.79 Å². The first-order valence-electron chi connectivity index (χ1n) is 6.02. The van der Waals surface area contributed by atoms with Crippen molar-refractivity contribution in [2.24, 2.45) is 0 Å². The minimum Gasteiger partial charge on any atom is -0.323 e. The molecule has 2 rings (SSSR count). The van der Waals surface area contributed by atoms with Crippen LogP contribution in [-0.2, 0) is 13.0 Å². The Morgan fingerprint density at radius 1 is 1.28 bits per heavy atom. The summed E-state index contributed by atoms with van der Waals surface area (Å²) in [4.78, 5) is 17.5. The van der Waals surface area contributed by atoms with E-state index in [1.54, 1.807) is 24.3 Å². The Morgan fingerprint density at radius 2 is 1.94 bits per heavy atom. The normalized spacial score (nSPS) is 10.3. The van der Waals surface area contributed by atoms with Gasteiger partial charge in [-0.05, 0) is 17.5 Å². The summed E-state index contributed by atoms with van der Waals surface area (Å²) in [5, 5.41) is 0. The third-order valence-electron chi connectivity index (χ3n) is 2.90. The predicted molar refractivity (Wildman–Crippen MR) is 70.3 cm³/mol. The van der Waals surface area contributed by atoms with Gasteiger partial charge in [0, 0.05) is 26.0 Å². The van der Waals surface area contributed by atoms with Crippen LogP contribution in [-0.4, -0.2) is 27.5 Å². The van der Waals surface area contributed by atoms with Crippen LogP contribution in [0, 0.1) is 0 Å². The first-order chi connectivity index (χ1) is 8.70. The molecule has 0 saturated carbocycles. The van der Waals surface area contributed by atoms with Gasteiger partial charge in [-0.1, -0.05) is 31.2 Å². The summed E-state index contributed by atoms with van der Waals surface area (Å²) in [6.07, 6.45) is 5.80. The average molecular weight is 243 g/mol. The maximum atomic E-state index is 12.0. The van der Waals surface area contributed by atoms with Crippen molar-refractivity contribution in [3.05, 3.63) is 54.1 Å². The number of carbonyl (C=O) groups excluding carboxylic acids is 1.